The molecule has 0 saturated carbocycles. The Morgan fingerprint density at radius 2 is 2.17 bits per heavy atom. The standard InChI is InChI=1S/C18H19ClFN3O/c1-21-16-6-2-4-14-17(22-23-18(14)16)13(5-3-9-24)12-8-7-11(19)10-15(12)20/h2,4,6-8,10,13,21,24H,3,5,9H2,1H3,(H,22,23). The number of fused-ring (bicyclic) bond motifs is 1. The van der Waals surface area contributed by atoms with Crippen molar-refractivity contribution in [3.05, 3.63) is 58.5 Å². The highest BCUT2D eigenvalue weighted by molar-refractivity contribution is 6.30. The summed E-state index contributed by atoms with van der Waals surface area (Å²) in [5.74, 6) is -0.579. The van der Waals surface area contributed by atoms with E-state index in [1.165, 1.54) is 6.07 Å². The van der Waals surface area contributed by atoms with Gasteiger partial charge < -0.3 is 10.4 Å². The maximum absolute atomic E-state index is 14.5. The van der Waals surface area contributed by atoms with E-state index in [1.54, 1.807) is 12.1 Å². The van der Waals surface area contributed by atoms with Crippen molar-refractivity contribution >= 4 is 28.2 Å². The molecule has 0 amide bonds. The third-order valence-electron chi connectivity index (χ3n) is 4.22. The normalized spacial score (nSPS) is 12.5. The van der Waals surface area contributed by atoms with Crippen LogP contribution in [0.5, 0.6) is 0 Å². The van der Waals surface area contributed by atoms with Crippen LogP contribution in [-0.4, -0.2) is 29.0 Å². The molecule has 1 atom stereocenters. The number of nitrogens with zero attached hydrogens (tertiary/aromatic N) is 1. The summed E-state index contributed by atoms with van der Waals surface area (Å²) in [5, 5.41) is 21.1. The van der Waals surface area contributed by atoms with Crippen LogP contribution >= 0.6 is 11.6 Å². The molecule has 3 N–H and O–H groups in total. The second kappa shape index (κ2) is 7.20. The first kappa shape index (κ1) is 16.7. The van der Waals surface area contributed by atoms with Gasteiger partial charge in [0.2, 0.25) is 0 Å². The van der Waals surface area contributed by atoms with E-state index in [1.807, 2.05) is 25.2 Å². The smallest absolute Gasteiger partial charge is 0.128 e. The fourth-order valence-corrected chi connectivity index (χ4v) is 3.22. The Kier molecular flexibility index (Phi) is 5.02. The van der Waals surface area contributed by atoms with E-state index in [9.17, 15) is 9.50 Å². The number of aromatic amines is 1. The highest BCUT2D eigenvalue weighted by Gasteiger charge is 2.22. The van der Waals surface area contributed by atoms with Gasteiger partial charge in [-0.1, -0.05) is 29.8 Å². The molecule has 1 aromatic heterocycles. The van der Waals surface area contributed by atoms with E-state index in [0.717, 1.165) is 22.3 Å². The van der Waals surface area contributed by atoms with Crippen LogP contribution in [0.2, 0.25) is 5.02 Å². The molecule has 3 aromatic rings. The zero-order valence-electron chi connectivity index (χ0n) is 13.3. The van der Waals surface area contributed by atoms with Crippen LogP contribution in [0.1, 0.15) is 30.0 Å². The van der Waals surface area contributed by atoms with Gasteiger partial charge in [0.15, 0.2) is 0 Å². The predicted octanol–water partition coefficient (Wildman–Crippen LogP) is 4.30. The summed E-state index contributed by atoms with van der Waals surface area (Å²) in [4.78, 5) is 0. The van der Waals surface area contributed by atoms with E-state index >= 15 is 0 Å². The molecule has 1 heterocycles. The molecule has 0 saturated heterocycles. The number of halogens is 2. The summed E-state index contributed by atoms with van der Waals surface area (Å²) in [6, 6.07) is 10.6. The zero-order valence-corrected chi connectivity index (χ0v) is 14.1. The van der Waals surface area contributed by atoms with Crippen molar-refractivity contribution in [2.75, 3.05) is 19.0 Å². The number of aliphatic hydroxyl groups excluding tert-OH is 1. The minimum atomic E-state index is -0.349. The molecule has 3 rings (SSSR count). The molecule has 2 aromatic carbocycles. The van der Waals surface area contributed by atoms with Crippen molar-refractivity contribution < 1.29 is 9.50 Å². The number of rotatable bonds is 6. The fraction of sp³-hybridized carbons (Fsp3) is 0.278. The Morgan fingerprint density at radius 3 is 2.88 bits per heavy atom. The van der Waals surface area contributed by atoms with Crippen molar-refractivity contribution in [3.63, 3.8) is 0 Å². The van der Waals surface area contributed by atoms with Gasteiger partial charge in [0.05, 0.1) is 11.4 Å². The van der Waals surface area contributed by atoms with Crippen molar-refractivity contribution in [1.29, 1.82) is 0 Å². The topological polar surface area (TPSA) is 60.9 Å². The van der Waals surface area contributed by atoms with Crippen LogP contribution in [0.15, 0.2) is 36.4 Å². The molecule has 4 nitrogen and oxygen atoms in total. The Morgan fingerprint density at radius 1 is 1.33 bits per heavy atom. The van der Waals surface area contributed by atoms with Gasteiger partial charge in [-0.3, -0.25) is 5.10 Å². The lowest BCUT2D eigenvalue weighted by atomic mass is 9.89. The van der Waals surface area contributed by atoms with Gasteiger partial charge in [-0.15, -0.1) is 0 Å². The summed E-state index contributed by atoms with van der Waals surface area (Å²) >= 11 is 5.88. The number of hydrogen-bond acceptors (Lipinski definition) is 3. The highest BCUT2D eigenvalue weighted by atomic mass is 35.5. The molecular weight excluding hydrogens is 329 g/mol. The molecular formula is C18H19ClFN3O. The van der Waals surface area contributed by atoms with Gasteiger partial charge in [-0.25, -0.2) is 4.39 Å². The maximum Gasteiger partial charge on any atom is 0.128 e. The van der Waals surface area contributed by atoms with Gasteiger partial charge in [-0.2, -0.15) is 5.10 Å². The van der Waals surface area contributed by atoms with Crippen LogP contribution in [0, 0.1) is 5.82 Å². The first-order chi connectivity index (χ1) is 11.7. The average Bonchev–Trinajstić information content (AvgIpc) is 3.01. The summed E-state index contributed by atoms with van der Waals surface area (Å²) in [5.41, 5.74) is 3.12. The van der Waals surface area contributed by atoms with E-state index < -0.39 is 0 Å². The number of H-pyrrole nitrogens is 1. The molecule has 0 aliphatic rings. The van der Waals surface area contributed by atoms with Crippen LogP contribution in [-0.2, 0) is 0 Å². The molecule has 24 heavy (non-hydrogen) atoms. The largest absolute Gasteiger partial charge is 0.396 e. The van der Waals surface area contributed by atoms with E-state index in [0.29, 0.717) is 23.4 Å². The molecule has 6 heteroatoms. The second-order valence-corrected chi connectivity index (χ2v) is 6.11. The van der Waals surface area contributed by atoms with Crippen LogP contribution in [0.4, 0.5) is 10.1 Å². The van der Waals surface area contributed by atoms with Gasteiger partial charge in [0.1, 0.15) is 11.3 Å². The monoisotopic (exact) mass is 347 g/mol. The van der Waals surface area contributed by atoms with Gasteiger partial charge >= 0.3 is 0 Å². The van der Waals surface area contributed by atoms with E-state index in [-0.39, 0.29) is 18.3 Å². The number of anilines is 1. The summed E-state index contributed by atoms with van der Waals surface area (Å²) in [6.45, 7) is 0.0551. The molecule has 1 unspecified atom stereocenters. The van der Waals surface area contributed by atoms with Crippen molar-refractivity contribution in [3.8, 4) is 0 Å². The fourth-order valence-electron chi connectivity index (χ4n) is 3.06. The van der Waals surface area contributed by atoms with Crippen LogP contribution in [0.3, 0.4) is 0 Å². The Hall–Kier alpha value is -2.11. The molecule has 126 valence electrons. The third-order valence-corrected chi connectivity index (χ3v) is 4.46. The molecule has 0 aliphatic heterocycles. The number of nitrogens with one attached hydrogen (secondary N) is 2. The number of benzene rings is 2. The summed E-state index contributed by atoms with van der Waals surface area (Å²) in [7, 11) is 1.84. The Labute approximate surface area is 144 Å². The third kappa shape index (κ3) is 3.09. The summed E-state index contributed by atoms with van der Waals surface area (Å²) < 4.78 is 14.5. The molecule has 0 radical (unpaired) electrons. The van der Waals surface area contributed by atoms with Gasteiger partial charge in [0.25, 0.3) is 0 Å². The zero-order chi connectivity index (χ0) is 17.1. The lowest BCUT2D eigenvalue weighted by Gasteiger charge is -2.17. The number of aliphatic hydroxyl groups is 1. The molecule has 0 aliphatic carbocycles. The van der Waals surface area contributed by atoms with Crippen LogP contribution in [0.25, 0.3) is 10.9 Å². The number of aromatic nitrogens is 2. The van der Waals surface area contributed by atoms with Crippen molar-refractivity contribution in [1.82, 2.24) is 10.2 Å². The quantitative estimate of drug-likeness (QED) is 0.623. The number of hydrogen-bond donors (Lipinski definition) is 3. The van der Waals surface area contributed by atoms with Crippen molar-refractivity contribution in [2.45, 2.75) is 18.8 Å². The summed E-state index contributed by atoms with van der Waals surface area (Å²) in [6.07, 6.45) is 1.18. The highest BCUT2D eigenvalue weighted by Crippen LogP contribution is 2.36. The predicted molar refractivity (Wildman–Crippen MR) is 95.2 cm³/mol. The number of para-hydroxylation sites is 1. The SMILES string of the molecule is CNc1cccc2c(C(CCCO)c3ccc(Cl)cc3F)[nH]nc12. The minimum absolute atomic E-state index is 0.0551. The lowest BCUT2D eigenvalue weighted by Crippen LogP contribution is -2.06. The first-order valence-corrected chi connectivity index (χ1v) is 8.24. The van der Waals surface area contributed by atoms with Crippen molar-refractivity contribution in [2.24, 2.45) is 0 Å². The van der Waals surface area contributed by atoms with E-state index in [4.69, 9.17) is 11.6 Å². The first-order valence-electron chi connectivity index (χ1n) is 7.86. The Bertz CT molecular complexity index is 849. The molecule has 0 bridgehead atoms. The van der Waals surface area contributed by atoms with Gasteiger partial charge in [0, 0.05) is 30.0 Å². The van der Waals surface area contributed by atoms with Gasteiger partial charge in [-0.05, 0) is 36.6 Å². The average molecular weight is 348 g/mol. The minimum Gasteiger partial charge on any atom is -0.396 e. The van der Waals surface area contributed by atoms with E-state index in [2.05, 4.69) is 15.5 Å². The second-order valence-electron chi connectivity index (χ2n) is 5.67. The Balaban J connectivity index is 2.13. The lowest BCUT2D eigenvalue weighted by molar-refractivity contribution is 0.281. The van der Waals surface area contributed by atoms with Crippen LogP contribution < -0.4 is 5.32 Å². The maximum atomic E-state index is 14.5. The molecule has 0 fully saturated rings. The molecule has 0 spiro atoms.